The predicted octanol–water partition coefficient (Wildman–Crippen LogP) is 0.466. The van der Waals surface area contributed by atoms with Crippen LogP contribution < -0.4 is 4.65 Å². The van der Waals surface area contributed by atoms with Gasteiger partial charge in [-0.1, -0.05) is 0 Å². The molecule has 0 atom stereocenters. The molecule has 0 unspecified atom stereocenters. The van der Waals surface area contributed by atoms with E-state index in [4.69, 9.17) is 5.02 Å². The number of rotatable bonds is 3. The number of aldehydes is 1. The van der Waals surface area contributed by atoms with Gasteiger partial charge in [-0.3, -0.25) is 4.79 Å². The lowest BCUT2D eigenvalue weighted by molar-refractivity contribution is 0.112. The van der Waals surface area contributed by atoms with E-state index in [1.807, 2.05) is 0 Å². The summed E-state index contributed by atoms with van der Waals surface area (Å²) in [5, 5.41) is 9.91. The molecule has 10 heavy (non-hydrogen) atoms. The third kappa shape index (κ3) is 1.37. The lowest BCUT2D eigenvalue weighted by Crippen LogP contribution is -1.99. The third-order valence-corrected chi connectivity index (χ3v) is 1.77. The van der Waals surface area contributed by atoms with Crippen molar-refractivity contribution in [1.82, 2.24) is 0 Å². The van der Waals surface area contributed by atoms with Gasteiger partial charge in [-0.15, -0.1) is 11.3 Å². The van der Waals surface area contributed by atoms with Crippen LogP contribution in [0.25, 0.3) is 0 Å². The minimum atomic E-state index is 0.391. The summed E-state index contributed by atoms with van der Waals surface area (Å²) >= 11 is 1.27. The van der Waals surface area contributed by atoms with Gasteiger partial charge >= 0.3 is 7.69 Å². The highest BCUT2D eigenvalue weighted by atomic mass is 32.1. The Bertz CT molecular complexity index is 222. The molecular weight excluding hydrogens is 151 g/mol. The van der Waals surface area contributed by atoms with Crippen molar-refractivity contribution in [2.45, 2.75) is 0 Å². The molecule has 1 aromatic heterocycles. The van der Waals surface area contributed by atoms with Crippen molar-refractivity contribution in [3.63, 3.8) is 0 Å². The first-order chi connectivity index (χ1) is 4.88. The molecule has 0 saturated heterocycles. The number of thiophene rings is 1. The van der Waals surface area contributed by atoms with Crippen molar-refractivity contribution >= 4 is 25.3 Å². The molecule has 0 saturated carbocycles. The maximum absolute atomic E-state index is 10.2. The molecule has 0 fully saturated rings. The summed E-state index contributed by atoms with van der Waals surface area (Å²) in [6, 6.07) is 1.61. The molecule has 1 aromatic rings. The Kier molecular flexibility index (Phi) is 2.47. The standard InChI is InChI=1S/C5H4BO3S/c7-3-5-4(9-6-8)1-2-10-5/h1-3,8H. The summed E-state index contributed by atoms with van der Waals surface area (Å²) in [6.07, 6.45) is 0.684. The summed E-state index contributed by atoms with van der Waals surface area (Å²) in [6.45, 7) is 0. The van der Waals surface area contributed by atoms with Crippen LogP contribution in [-0.4, -0.2) is 19.0 Å². The summed E-state index contributed by atoms with van der Waals surface area (Å²) in [7, 11) is 0.551. The molecule has 0 aromatic carbocycles. The van der Waals surface area contributed by atoms with E-state index in [1.54, 1.807) is 11.4 Å². The second kappa shape index (κ2) is 3.38. The zero-order valence-electron chi connectivity index (χ0n) is 4.98. The Labute approximate surface area is 62.6 Å². The normalized spacial score (nSPS) is 8.90. The van der Waals surface area contributed by atoms with Gasteiger partial charge in [0, 0.05) is 0 Å². The highest BCUT2D eigenvalue weighted by molar-refractivity contribution is 7.12. The largest absolute Gasteiger partial charge is 0.569 e. The van der Waals surface area contributed by atoms with Gasteiger partial charge in [-0.05, 0) is 11.4 Å². The Morgan fingerprint density at radius 2 is 2.60 bits per heavy atom. The predicted molar refractivity (Wildman–Crippen MR) is 38.3 cm³/mol. The van der Waals surface area contributed by atoms with Crippen LogP contribution >= 0.6 is 11.3 Å². The maximum atomic E-state index is 10.2. The lowest BCUT2D eigenvalue weighted by atomic mass is 10.4. The lowest BCUT2D eigenvalue weighted by Gasteiger charge is -1.95. The Balaban J connectivity index is 2.79. The van der Waals surface area contributed by atoms with Crippen molar-refractivity contribution in [3.8, 4) is 5.75 Å². The molecule has 1 radical (unpaired) electrons. The first-order valence-electron chi connectivity index (χ1n) is 2.53. The van der Waals surface area contributed by atoms with Gasteiger partial charge in [0.25, 0.3) is 0 Å². The molecule has 3 nitrogen and oxygen atoms in total. The average Bonchev–Trinajstić information content (AvgIpc) is 2.36. The van der Waals surface area contributed by atoms with Crippen molar-refractivity contribution in [1.29, 1.82) is 0 Å². The Morgan fingerprint density at radius 3 is 3.20 bits per heavy atom. The first kappa shape index (κ1) is 7.30. The zero-order valence-corrected chi connectivity index (χ0v) is 5.80. The van der Waals surface area contributed by atoms with Crippen molar-refractivity contribution in [2.24, 2.45) is 0 Å². The fourth-order valence-corrected chi connectivity index (χ4v) is 1.18. The van der Waals surface area contributed by atoms with Crippen LogP contribution in [0.1, 0.15) is 9.67 Å². The van der Waals surface area contributed by atoms with Crippen LogP contribution in [-0.2, 0) is 0 Å². The second-order valence-electron chi connectivity index (χ2n) is 1.49. The molecule has 0 aliphatic carbocycles. The topological polar surface area (TPSA) is 46.5 Å². The van der Waals surface area contributed by atoms with Gasteiger partial charge in [0.2, 0.25) is 0 Å². The van der Waals surface area contributed by atoms with Gasteiger partial charge < -0.3 is 9.68 Å². The molecule has 1 rings (SSSR count). The summed E-state index contributed by atoms with van der Waals surface area (Å²) in [5.74, 6) is 0.391. The van der Waals surface area contributed by atoms with Crippen LogP contribution in [0.5, 0.6) is 5.75 Å². The molecular formula is C5H4BO3S. The SMILES string of the molecule is O=Cc1sccc1O[B]O. The first-order valence-corrected chi connectivity index (χ1v) is 3.41. The van der Waals surface area contributed by atoms with E-state index in [0.29, 0.717) is 24.6 Å². The van der Waals surface area contributed by atoms with Gasteiger partial charge in [-0.2, -0.15) is 0 Å². The second-order valence-corrected chi connectivity index (χ2v) is 2.44. The summed E-state index contributed by atoms with van der Waals surface area (Å²) < 4.78 is 4.58. The minimum absolute atomic E-state index is 0.391. The Morgan fingerprint density at radius 1 is 1.80 bits per heavy atom. The van der Waals surface area contributed by atoms with Crippen molar-refractivity contribution < 1.29 is 14.5 Å². The smallest absolute Gasteiger partial charge is 0.536 e. The average molecular weight is 155 g/mol. The molecule has 51 valence electrons. The van der Waals surface area contributed by atoms with Crippen LogP contribution in [0.4, 0.5) is 0 Å². The molecule has 0 amide bonds. The van der Waals surface area contributed by atoms with E-state index in [1.165, 1.54) is 11.3 Å². The minimum Gasteiger partial charge on any atom is -0.536 e. The van der Waals surface area contributed by atoms with Crippen LogP contribution in [0, 0.1) is 0 Å². The molecule has 0 aliphatic heterocycles. The molecule has 0 aliphatic rings. The van der Waals surface area contributed by atoms with Gasteiger partial charge in [-0.25, -0.2) is 0 Å². The van der Waals surface area contributed by atoms with Gasteiger partial charge in [0.05, 0.1) is 0 Å². The maximum Gasteiger partial charge on any atom is 0.569 e. The Hall–Kier alpha value is -0.805. The zero-order chi connectivity index (χ0) is 7.40. The van der Waals surface area contributed by atoms with Gasteiger partial charge in [0.1, 0.15) is 10.6 Å². The molecule has 0 bridgehead atoms. The van der Waals surface area contributed by atoms with E-state index >= 15 is 0 Å². The van der Waals surface area contributed by atoms with Crippen molar-refractivity contribution in [2.75, 3.05) is 0 Å². The fraction of sp³-hybridized carbons (Fsp3) is 0. The monoisotopic (exact) mass is 155 g/mol. The van der Waals surface area contributed by atoms with Crippen LogP contribution in [0.15, 0.2) is 11.4 Å². The highest BCUT2D eigenvalue weighted by Crippen LogP contribution is 2.21. The third-order valence-electron chi connectivity index (χ3n) is 0.944. The number of carbonyl (C=O) groups is 1. The molecule has 1 N–H and O–H groups in total. The van der Waals surface area contributed by atoms with E-state index < -0.39 is 0 Å². The summed E-state index contributed by atoms with van der Waals surface area (Å²) in [5.41, 5.74) is 0. The number of carbonyl (C=O) groups excluding carboxylic acids is 1. The van der Waals surface area contributed by atoms with E-state index in [0.717, 1.165) is 0 Å². The van der Waals surface area contributed by atoms with Crippen LogP contribution in [0.2, 0.25) is 0 Å². The highest BCUT2D eigenvalue weighted by Gasteiger charge is 2.02. The van der Waals surface area contributed by atoms with Crippen LogP contribution in [0.3, 0.4) is 0 Å². The molecule has 0 spiro atoms. The van der Waals surface area contributed by atoms with E-state index in [2.05, 4.69) is 4.65 Å². The quantitative estimate of drug-likeness (QED) is 0.509. The summed E-state index contributed by atoms with van der Waals surface area (Å²) in [4.78, 5) is 10.7. The van der Waals surface area contributed by atoms with Crippen molar-refractivity contribution in [3.05, 3.63) is 16.3 Å². The van der Waals surface area contributed by atoms with E-state index in [-0.39, 0.29) is 0 Å². The number of hydrogen-bond acceptors (Lipinski definition) is 4. The fourth-order valence-electron chi connectivity index (χ4n) is 0.549. The van der Waals surface area contributed by atoms with Gasteiger partial charge in [0.15, 0.2) is 6.29 Å². The number of hydrogen-bond donors (Lipinski definition) is 1. The molecule has 5 heteroatoms. The van der Waals surface area contributed by atoms with E-state index in [9.17, 15) is 4.79 Å². The molecule has 1 heterocycles.